The highest BCUT2D eigenvalue weighted by Gasteiger charge is 2.43. The average Bonchev–Trinajstić information content (AvgIpc) is 2.61. The first-order valence-corrected chi connectivity index (χ1v) is 8.36. The topological polar surface area (TPSA) is 82.5 Å². The maximum atomic E-state index is 6.70. The molecule has 2 atom stereocenters. The molecule has 0 saturated heterocycles. The number of methoxy groups -OCH3 is 1. The van der Waals surface area contributed by atoms with Gasteiger partial charge in [-0.15, -0.1) is 0 Å². The second kappa shape index (κ2) is 5.69. The summed E-state index contributed by atoms with van der Waals surface area (Å²) in [6.07, 6.45) is 3.09. The molecular weight excluding hydrogens is 302 g/mol. The number of fused-ring (bicyclic) bond motifs is 2. The molecule has 0 saturated carbocycles. The molecule has 5 N–H and O–H groups in total. The molecular formula is C19H23N3O2. The summed E-state index contributed by atoms with van der Waals surface area (Å²) in [5, 5.41) is 3.41. The minimum absolute atomic E-state index is 0.0307. The third-order valence-electron chi connectivity index (χ3n) is 5.11. The molecule has 24 heavy (non-hydrogen) atoms. The van der Waals surface area contributed by atoms with E-state index in [1.807, 2.05) is 30.3 Å². The van der Waals surface area contributed by atoms with Gasteiger partial charge in [-0.2, -0.15) is 0 Å². The van der Waals surface area contributed by atoms with Crippen LogP contribution in [0, 0.1) is 0 Å². The molecule has 0 aromatic heterocycles. The Morgan fingerprint density at radius 2 is 2.12 bits per heavy atom. The molecule has 4 rings (SSSR count). The van der Waals surface area contributed by atoms with Crippen LogP contribution in [-0.4, -0.2) is 13.0 Å². The maximum absolute atomic E-state index is 6.70. The summed E-state index contributed by atoms with van der Waals surface area (Å²) in [5.74, 6) is -0.0361. The van der Waals surface area contributed by atoms with Gasteiger partial charge in [-0.25, -0.2) is 0 Å². The van der Waals surface area contributed by atoms with Crippen molar-refractivity contribution in [3.05, 3.63) is 53.1 Å². The highest BCUT2D eigenvalue weighted by Crippen LogP contribution is 2.45. The zero-order chi connectivity index (χ0) is 16.7. The van der Waals surface area contributed by atoms with Gasteiger partial charge in [0, 0.05) is 22.5 Å². The van der Waals surface area contributed by atoms with Crippen LogP contribution in [0.1, 0.15) is 35.4 Å². The fourth-order valence-electron chi connectivity index (χ4n) is 3.94. The van der Waals surface area contributed by atoms with Crippen LogP contribution in [0.3, 0.4) is 0 Å². The Labute approximate surface area is 141 Å². The second-order valence-corrected chi connectivity index (χ2v) is 6.60. The van der Waals surface area contributed by atoms with Crippen molar-refractivity contribution in [2.75, 3.05) is 18.2 Å². The molecule has 1 aliphatic heterocycles. The number of hydrogen-bond donors (Lipinski definition) is 3. The average molecular weight is 325 g/mol. The molecule has 5 heteroatoms. The van der Waals surface area contributed by atoms with E-state index < -0.39 is 5.85 Å². The van der Waals surface area contributed by atoms with Crippen molar-refractivity contribution in [1.82, 2.24) is 0 Å². The Morgan fingerprint density at radius 3 is 2.96 bits per heavy atom. The monoisotopic (exact) mass is 325 g/mol. The van der Waals surface area contributed by atoms with Crippen molar-refractivity contribution in [3.8, 4) is 5.75 Å². The molecule has 0 bridgehead atoms. The first-order valence-electron chi connectivity index (χ1n) is 8.36. The smallest absolute Gasteiger partial charge is 0.200 e. The lowest BCUT2D eigenvalue weighted by Gasteiger charge is -2.44. The third kappa shape index (κ3) is 2.41. The molecule has 1 heterocycles. The van der Waals surface area contributed by atoms with Crippen molar-refractivity contribution < 1.29 is 9.47 Å². The Kier molecular flexibility index (Phi) is 3.62. The van der Waals surface area contributed by atoms with Crippen LogP contribution in [0.2, 0.25) is 0 Å². The van der Waals surface area contributed by atoms with Crippen molar-refractivity contribution in [2.45, 2.75) is 37.6 Å². The van der Waals surface area contributed by atoms with E-state index in [0.717, 1.165) is 42.0 Å². The maximum Gasteiger partial charge on any atom is 0.200 e. The molecule has 2 aliphatic rings. The minimum Gasteiger partial charge on any atom is -0.496 e. The molecule has 0 spiro atoms. The van der Waals surface area contributed by atoms with Crippen LogP contribution in [0.5, 0.6) is 5.75 Å². The van der Waals surface area contributed by atoms with E-state index in [2.05, 4.69) is 11.4 Å². The summed E-state index contributed by atoms with van der Waals surface area (Å²) in [6, 6.07) is 12.0. The first-order chi connectivity index (χ1) is 11.6. The fourth-order valence-corrected chi connectivity index (χ4v) is 3.94. The molecule has 2 aromatic rings. The largest absolute Gasteiger partial charge is 0.496 e. The van der Waals surface area contributed by atoms with Crippen molar-refractivity contribution in [2.24, 2.45) is 5.73 Å². The quantitative estimate of drug-likeness (QED) is 0.740. The Balaban J connectivity index is 1.74. The summed E-state index contributed by atoms with van der Waals surface area (Å²) in [5.41, 5.74) is 17.8. The number of nitrogen functional groups attached to an aromatic ring is 1. The number of anilines is 2. The van der Waals surface area contributed by atoms with Crippen LogP contribution in [-0.2, 0) is 17.8 Å². The molecule has 0 amide bonds. The summed E-state index contributed by atoms with van der Waals surface area (Å²) in [7, 11) is 1.71. The Hall–Kier alpha value is -2.24. The van der Waals surface area contributed by atoms with Gasteiger partial charge in [-0.1, -0.05) is 12.1 Å². The number of rotatable bonds is 2. The van der Waals surface area contributed by atoms with Crippen LogP contribution in [0.4, 0.5) is 11.4 Å². The summed E-state index contributed by atoms with van der Waals surface area (Å²) in [6.45, 7) is 0.449. The Morgan fingerprint density at radius 1 is 1.25 bits per heavy atom. The van der Waals surface area contributed by atoms with Gasteiger partial charge in [0.15, 0.2) is 5.85 Å². The van der Waals surface area contributed by atoms with Crippen molar-refractivity contribution in [3.63, 3.8) is 0 Å². The van der Waals surface area contributed by atoms with Crippen LogP contribution in [0.25, 0.3) is 0 Å². The van der Waals surface area contributed by atoms with Crippen LogP contribution >= 0.6 is 0 Å². The van der Waals surface area contributed by atoms with E-state index in [4.69, 9.17) is 20.9 Å². The van der Waals surface area contributed by atoms with Gasteiger partial charge in [-0.3, -0.25) is 5.73 Å². The molecule has 5 nitrogen and oxygen atoms in total. The number of ether oxygens (including phenoxy) is 2. The lowest BCUT2D eigenvalue weighted by molar-refractivity contribution is -0.0615. The molecule has 2 unspecified atom stereocenters. The predicted molar refractivity (Wildman–Crippen MR) is 94.9 cm³/mol. The predicted octanol–water partition coefficient (Wildman–Crippen LogP) is 2.95. The molecule has 126 valence electrons. The standard InChI is InChI=1S/C19H23N3O2/c1-23-17-7-3-5-12-4-2-6-15(18(12)17)19(21)22-16-9-8-14(20)10-13(16)11-24-19/h3,5,7-10,15,22H,2,4,6,11,20-21H2,1H3. The molecule has 0 radical (unpaired) electrons. The third-order valence-corrected chi connectivity index (χ3v) is 5.11. The van der Waals surface area contributed by atoms with Gasteiger partial charge >= 0.3 is 0 Å². The highest BCUT2D eigenvalue weighted by atomic mass is 16.5. The number of nitrogens with one attached hydrogen (secondary N) is 1. The first kappa shape index (κ1) is 15.3. The zero-order valence-electron chi connectivity index (χ0n) is 13.8. The van der Waals surface area contributed by atoms with Crippen molar-refractivity contribution >= 4 is 11.4 Å². The van der Waals surface area contributed by atoms with Gasteiger partial charge in [-0.05, 0) is 49.1 Å². The van der Waals surface area contributed by atoms with E-state index in [-0.39, 0.29) is 5.92 Å². The molecule has 0 fully saturated rings. The summed E-state index contributed by atoms with van der Waals surface area (Å²) >= 11 is 0. The minimum atomic E-state index is -0.951. The lowest BCUT2D eigenvalue weighted by Crippen LogP contribution is -2.57. The molecule has 2 aromatic carbocycles. The van der Waals surface area contributed by atoms with E-state index >= 15 is 0 Å². The second-order valence-electron chi connectivity index (χ2n) is 6.60. The van der Waals surface area contributed by atoms with Gasteiger partial charge in [0.1, 0.15) is 5.75 Å². The van der Waals surface area contributed by atoms with Crippen LogP contribution in [0.15, 0.2) is 36.4 Å². The number of aryl methyl sites for hydroxylation is 1. The SMILES string of the molecule is COc1cccc2c1C(C1(N)Nc3ccc(N)cc3CO1)CCC2. The number of benzene rings is 2. The van der Waals surface area contributed by atoms with Gasteiger partial charge in [0.2, 0.25) is 0 Å². The van der Waals surface area contributed by atoms with E-state index in [1.54, 1.807) is 7.11 Å². The van der Waals surface area contributed by atoms with Gasteiger partial charge < -0.3 is 20.5 Å². The van der Waals surface area contributed by atoms with Crippen LogP contribution < -0.4 is 21.5 Å². The van der Waals surface area contributed by atoms with E-state index in [9.17, 15) is 0 Å². The van der Waals surface area contributed by atoms with E-state index in [1.165, 1.54) is 11.1 Å². The van der Waals surface area contributed by atoms with Gasteiger partial charge in [0.05, 0.1) is 19.6 Å². The molecule has 1 aliphatic carbocycles. The summed E-state index contributed by atoms with van der Waals surface area (Å²) in [4.78, 5) is 0. The Bertz CT molecular complexity index is 763. The van der Waals surface area contributed by atoms with Crippen molar-refractivity contribution in [1.29, 1.82) is 0 Å². The zero-order valence-corrected chi connectivity index (χ0v) is 13.8. The number of hydrogen-bond acceptors (Lipinski definition) is 5. The highest BCUT2D eigenvalue weighted by molar-refractivity contribution is 5.60. The lowest BCUT2D eigenvalue weighted by atomic mass is 9.78. The fraction of sp³-hybridized carbons (Fsp3) is 0.368. The summed E-state index contributed by atoms with van der Waals surface area (Å²) < 4.78 is 11.7. The van der Waals surface area contributed by atoms with E-state index in [0.29, 0.717) is 6.61 Å². The number of nitrogens with two attached hydrogens (primary N) is 2. The van der Waals surface area contributed by atoms with Gasteiger partial charge in [0.25, 0.3) is 0 Å². The normalized spacial score (nSPS) is 25.3.